The van der Waals surface area contributed by atoms with Crippen LogP contribution >= 0.6 is 0 Å². The fourth-order valence-corrected chi connectivity index (χ4v) is 6.12. The Balaban J connectivity index is 1.68. The second-order valence-electron chi connectivity index (χ2n) is 7.43. The summed E-state index contributed by atoms with van der Waals surface area (Å²) in [5.41, 5.74) is 3.25. The minimum Gasteiger partial charge on any atom is -0.381 e. The normalized spacial score (nSPS) is 20.2. The van der Waals surface area contributed by atoms with Crippen molar-refractivity contribution in [3.63, 3.8) is 0 Å². The lowest BCUT2D eigenvalue weighted by atomic mass is 9.94. The number of sulfonamides is 1. The molecular weight excluding hydrogens is 410 g/mol. The predicted molar refractivity (Wildman–Crippen MR) is 108 cm³/mol. The molecular formula is C20H27N3O6S. The fourth-order valence-electron chi connectivity index (χ4n) is 3.98. The molecule has 0 saturated carbocycles. The van der Waals surface area contributed by atoms with E-state index in [1.807, 2.05) is 12.1 Å². The van der Waals surface area contributed by atoms with Crippen LogP contribution in [0.5, 0.6) is 0 Å². The standard InChI is InChI=1S/C20H27N3O6S/c1-28-12-2-3-16-4-5-18(21-15-16)17-6-10-23(11-7-17)30(26,27)20(19(24)22-25)8-13-29-14-9-20/h4-5,15,17,25H,6-14H2,1H3,(H,22,24). The first kappa shape index (κ1) is 22.7. The van der Waals surface area contributed by atoms with Crippen molar-refractivity contribution in [3.05, 3.63) is 29.6 Å². The van der Waals surface area contributed by atoms with E-state index >= 15 is 0 Å². The van der Waals surface area contributed by atoms with Crippen molar-refractivity contribution in [2.45, 2.75) is 36.3 Å². The van der Waals surface area contributed by atoms with Crippen LogP contribution in [-0.4, -0.2) is 73.6 Å². The first-order chi connectivity index (χ1) is 14.4. The van der Waals surface area contributed by atoms with Crippen LogP contribution in [-0.2, 0) is 24.3 Å². The van der Waals surface area contributed by atoms with Crippen LogP contribution in [0.15, 0.2) is 18.3 Å². The largest absolute Gasteiger partial charge is 0.381 e. The maximum absolute atomic E-state index is 13.3. The number of carbonyl (C=O) groups is 1. The lowest BCUT2D eigenvalue weighted by molar-refractivity contribution is -0.134. The average molecular weight is 438 g/mol. The summed E-state index contributed by atoms with van der Waals surface area (Å²) in [6.07, 6.45) is 2.97. The molecule has 3 heterocycles. The van der Waals surface area contributed by atoms with Gasteiger partial charge < -0.3 is 9.47 Å². The van der Waals surface area contributed by atoms with Gasteiger partial charge in [0.05, 0.1) is 0 Å². The third-order valence-electron chi connectivity index (χ3n) is 5.76. The maximum Gasteiger partial charge on any atom is 0.266 e. The molecule has 0 bridgehead atoms. The Morgan fingerprint density at radius 3 is 2.63 bits per heavy atom. The van der Waals surface area contributed by atoms with E-state index in [4.69, 9.17) is 14.7 Å². The van der Waals surface area contributed by atoms with Crippen LogP contribution in [0.25, 0.3) is 0 Å². The van der Waals surface area contributed by atoms with Gasteiger partial charge in [0, 0.05) is 69.6 Å². The van der Waals surface area contributed by atoms with Crippen LogP contribution in [0, 0.1) is 11.8 Å². The number of methoxy groups -OCH3 is 1. The number of pyridine rings is 1. The van der Waals surface area contributed by atoms with Crippen molar-refractivity contribution in [1.82, 2.24) is 14.8 Å². The van der Waals surface area contributed by atoms with Crippen molar-refractivity contribution in [1.29, 1.82) is 0 Å². The molecule has 10 heteroatoms. The van der Waals surface area contributed by atoms with Gasteiger partial charge in [0.25, 0.3) is 5.91 Å². The van der Waals surface area contributed by atoms with Crippen molar-refractivity contribution in [3.8, 4) is 11.8 Å². The molecule has 164 valence electrons. The minimum absolute atomic E-state index is 0.0226. The van der Waals surface area contributed by atoms with Gasteiger partial charge in [-0.25, -0.2) is 18.2 Å². The predicted octanol–water partition coefficient (Wildman–Crippen LogP) is 0.643. The molecule has 0 unspecified atom stereocenters. The summed E-state index contributed by atoms with van der Waals surface area (Å²) in [6, 6.07) is 3.82. The molecule has 0 aliphatic carbocycles. The Bertz CT molecular complexity index is 893. The zero-order valence-corrected chi connectivity index (χ0v) is 17.8. The van der Waals surface area contributed by atoms with E-state index in [0.717, 1.165) is 11.3 Å². The maximum atomic E-state index is 13.3. The zero-order chi connectivity index (χ0) is 21.6. The van der Waals surface area contributed by atoms with Gasteiger partial charge in [-0.1, -0.05) is 11.8 Å². The second-order valence-corrected chi connectivity index (χ2v) is 9.68. The Morgan fingerprint density at radius 2 is 2.07 bits per heavy atom. The topological polar surface area (TPSA) is 118 Å². The number of carbonyl (C=O) groups excluding carboxylic acids is 1. The Hall–Kier alpha value is -2.03. The van der Waals surface area contributed by atoms with Crippen LogP contribution in [0.4, 0.5) is 0 Å². The van der Waals surface area contributed by atoms with E-state index in [0.29, 0.717) is 32.5 Å². The highest BCUT2D eigenvalue weighted by Gasteiger charge is 2.54. The lowest BCUT2D eigenvalue weighted by Gasteiger charge is -2.40. The van der Waals surface area contributed by atoms with Gasteiger partial charge >= 0.3 is 0 Å². The number of rotatable bonds is 5. The summed E-state index contributed by atoms with van der Waals surface area (Å²) in [6.45, 7) is 1.27. The monoisotopic (exact) mass is 437 g/mol. The summed E-state index contributed by atoms with van der Waals surface area (Å²) in [7, 11) is -2.37. The Kier molecular flexibility index (Phi) is 7.44. The number of ether oxygens (including phenoxy) is 2. The smallest absolute Gasteiger partial charge is 0.266 e. The summed E-state index contributed by atoms with van der Waals surface area (Å²) in [5, 5.41) is 9.15. The van der Waals surface area contributed by atoms with Crippen LogP contribution in [0.1, 0.15) is 42.9 Å². The molecule has 0 atom stereocenters. The number of hydrogen-bond donors (Lipinski definition) is 2. The van der Waals surface area contributed by atoms with Crippen molar-refractivity contribution in [2.75, 3.05) is 40.0 Å². The number of hydrogen-bond acceptors (Lipinski definition) is 7. The summed E-state index contributed by atoms with van der Waals surface area (Å²) in [4.78, 5) is 16.8. The quantitative estimate of drug-likeness (QED) is 0.394. The van der Waals surface area contributed by atoms with Gasteiger partial charge in [-0.2, -0.15) is 0 Å². The molecule has 2 saturated heterocycles. The van der Waals surface area contributed by atoms with Gasteiger partial charge in [-0.05, 0) is 25.0 Å². The van der Waals surface area contributed by atoms with Crippen molar-refractivity contribution in [2.24, 2.45) is 0 Å². The van der Waals surface area contributed by atoms with Gasteiger partial charge in [-0.15, -0.1) is 0 Å². The molecule has 0 aromatic carbocycles. The molecule has 2 fully saturated rings. The van der Waals surface area contributed by atoms with E-state index in [-0.39, 0.29) is 32.0 Å². The SMILES string of the molecule is COCC#Cc1ccc(C2CCN(S(=O)(=O)C3(C(=O)NO)CCOCC3)CC2)nc1. The molecule has 2 aliphatic rings. The van der Waals surface area contributed by atoms with E-state index < -0.39 is 20.7 Å². The summed E-state index contributed by atoms with van der Waals surface area (Å²) in [5.74, 6) is 5.09. The number of amides is 1. The third-order valence-corrected chi connectivity index (χ3v) is 8.38. The Labute approximate surface area is 176 Å². The molecule has 0 spiro atoms. The molecule has 9 nitrogen and oxygen atoms in total. The molecule has 30 heavy (non-hydrogen) atoms. The summed E-state index contributed by atoms with van der Waals surface area (Å²) >= 11 is 0. The van der Waals surface area contributed by atoms with Crippen molar-refractivity contribution >= 4 is 15.9 Å². The highest BCUT2D eigenvalue weighted by atomic mass is 32.2. The summed E-state index contributed by atoms with van der Waals surface area (Å²) < 4.78 is 36.5. The molecule has 0 radical (unpaired) electrons. The number of aromatic nitrogens is 1. The fraction of sp³-hybridized carbons (Fsp3) is 0.600. The molecule has 1 amide bonds. The lowest BCUT2D eigenvalue weighted by Crippen LogP contribution is -2.60. The van der Waals surface area contributed by atoms with Gasteiger partial charge in [-0.3, -0.25) is 15.0 Å². The average Bonchev–Trinajstić information content (AvgIpc) is 2.79. The molecule has 3 rings (SSSR count). The second kappa shape index (κ2) is 9.85. The zero-order valence-electron chi connectivity index (χ0n) is 17.0. The highest BCUT2D eigenvalue weighted by molar-refractivity contribution is 7.91. The van der Waals surface area contributed by atoms with E-state index in [1.54, 1.807) is 18.8 Å². The van der Waals surface area contributed by atoms with Crippen LogP contribution < -0.4 is 5.48 Å². The number of nitrogens with zero attached hydrogens (tertiary/aromatic N) is 2. The van der Waals surface area contributed by atoms with E-state index in [2.05, 4.69) is 16.8 Å². The number of nitrogens with one attached hydrogen (secondary N) is 1. The number of piperidine rings is 1. The van der Waals surface area contributed by atoms with Gasteiger partial charge in [0.1, 0.15) is 6.61 Å². The minimum atomic E-state index is -3.95. The Morgan fingerprint density at radius 1 is 1.37 bits per heavy atom. The molecule has 1 aromatic rings. The molecule has 2 aliphatic heterocycles. The number of hydroxylamine groups is 1. The molecule has 1 aromatic heterocycles. The van der Waals surface area contributed by atoms with Gasteiger partial charge in [0.15, 0.2) is 4.75 Å². The third kappa shape index (κ3) is 4.50. The van der Waals surface area contributed by atoms with Crippen LogP contribution in [0.3, 0.4) is 0 Å². The van der Waals surface area contributed by atoms with Crippen molar-refractivity contribution < 1.29 is 27.9 Å². The highest BCUT2D eigenvalue weighted by Crippen LogP contribution is 2.36. The molecule has 2 N–H and O–H groups in total. The first-order valence-corrected chi connectivity index (χ1v) is 11.3. The first-order valence-electron chi connectivity index (χ1n) is 9.90. The van der Waals surface area contributed by atoms with Crippen LogP contribution in [0.2, 0.25) is 0 Å². The van der Waals surface area contributed by atoms with Gasteiger partial charge in [0.2, 0.25) is 10.0 Å². The van der Waals surface area contributed by atoms with E-state index in [1.165, 1.54) is 4.31 Å². The van der Waals surface area contributed by atoms with E-state index in [9.17, 15) is 13.2 Å².